The molecule has 8 heteroatoms. The Labute approximate surface area is 201 Å². The highest BCUT2D eigenvalue weighted by molar-refractivity contribution is 5.99. The van der Waals surface area contributed by atoms with Crippen molar-refractivity contribution in [3.05, 3.63) is 24.3 Å². The first-order valence-electron chi connectivity index (χ1n) is 12.8. The minimum atomic E-state index is -1.27. The Kier molecular flexibility index (Phi) is 7.48. The maximum Gasteiger partial charge on any atom is 0.312 e. The first-order chi connectivity index (χ1) is 16.4. The molecule has 1 spiro atoms. The largest absolute Gasteiger partial charge is 0.465 e. The molecule has 2 saturated heterocycles. The third-order valence-corrected chi connectivity index (χ3v) is 8.00. The molecule has 2 fully saturated rings. The van der Waals surface area contributed by atoms with Gasteiger partial charge in [0.25, 0.3) is 0 Å². The Balaban J connectivity index is 1.84. The summed E-state index contributed by atoms with van der Waals surface area (Å²) in [5.74, 6) is -2.68. The highest BCUT2D eigenvalue weighted by Crippen LogP contribution is 2.54. The molecule has 1 N–H and O–H groups in total. The van der Waals surface area contributed by atoms with E-state index in [1.807, 2.05) is 38.2 Å². The molecular weight excluding hydrogens is 436 g/mol. The third-order valence-electron chi connectivity index (χ3n) is 8.00. The molecule has 0 aromatic rings. The lowest BCUT2D eigenvalue weighted by Gasteiger charge is -2.40. The Bertz CT molecular complexity index is 856. The predicted octanol–water partition coefficient (Wildman–Crippen LogP) is 2.07. The van der Waals surface area contributed by atoms with Crippen molar-refractivity contribution < 1.29 is 29.0 Å². The minimum absolute atomic E-state index is 0.0304. The predicted molar refractivity (Wildman–Crippen MR) is 126 cm³/mol. The van der Waals surface area contributed by atoms with Gasteiger partial charge in [-0.15, -0.1) is 0 Å². The summed E-state index contributed by atoms with van der Waals surface area (Å²) in [6.45, 7) is 7.09. The van der Waals surface area contributed by atoms with Crippen LogP contribution >= 0.6 is 0 Å². The molecule has 0 bridgehead atoms. The van der Waals surface area contributed by atoms with Gasteiger partial charge in [-0.2, -0.15) is 0 Å². The van der Waals surface area contributed by atoms with Crippen molar-refractivity contribution in [2.45, 2.75) is 76.7 Å². The number of unbranched alkanes of at least 4 members (excludes halogenated alkanes) is 1. The van der Waals surface area contributed by atoms with Crippen LogP contribution in [-0.2, 0) is 23.9 Å². The van der Waals surface area contributed by atoms with E-state index in [1.54, 1.807) is 9.80 Å². The van der Waals surface area contributed by atoms with Gasteiger partial charge in [-0.3, -0.25) is 14.4 Å². The van der Waals surface area contributed by atoms with Crippen LogP contribution in [0.15, 0.2) is 24.3 Å². The van der Waals surface area contributed by atoms with E-state index in [2.05, 4.69) is 6.92 Å². The van der Waals surface area contributed by atoms with Gasteiger partial charge in [-0.05, 0) is 25.2 Å². The molecule has 0 radical (unpaired) electrons. The van der Waals surface area contributed by atoms with Crippen molar-refractivity contribution in [2.24, 2.45) is 17.8 Å². The summed E-state index contributed by atoms with van der Waals surface area (Å²) in [5.41, 5.74) is -1.27. The van der Waals surface area contributed by atoms with Gasteiger partial charge < -0.3 is 24.4 Å². The fraction of sp³-hybridized carbons (Fsp3) is 0.731. The maximum atomic E-state index is 14.1. The first-order valence-corrected chi connectivity index (χ1v) is 12.8. The summed E-state index contributed by atoms with van der Waals surface area (Å²) >= 11 is 0. The second kappa shape index (κ2) is 10.2. The zero-order valence-electron chi connectivity index (χ0n) is 20.5. The zero-order valence-corrected chi connectivity index (χ0v) is 20.5. The Morgan fingerprint density at radius 3 is 2.71 bits per heavy atom. The number of likely N-dealkylation sites (tertiary alicyclic amines) is 1. The van der Waals surface area contributed by atoms with E-state index >= 15 is 0 Å². The smallest absolute Gasteiger partial charge is 0.312 e. The van der Waals surface area contributed by atoms with Crippen molar-refractivity contribution in [1.82, 2.24) is 9.80 Å². The Morgan fingerprint density at radius 1 is 1.21 bits per heavy atom. The van der Waals surface area contributed by atoms with E-state index < -0.39 is 41.6 Å². The number of nitrogens with zero attached hydrogens (tertiary/aromatic N) is 2. The second-order valence-electron chi connectivity index (χ2n) is 10.0. The lowest BCUT2D eigenvalue weighted by Crippen LogP contribution is -2.59. The fourth-order valence-electron chi connectivity index (χ4n) is 5.96. The van der Waals surface area contributed by atoms with E-state index in [0.29, 0.717) is 26.1 Å². The second-order valence-corrected chi connectivity index (χ2v) is 10.0. The third kappa shape index (κ3) is 3.98. The van der Waals surface area contributed by atoms with Gasteiger partial charge in [0.1, 0.15) is 17.6 Å². The summed E-state index contributed by atoms with van der Waals surface area (Å²) in [5, 5.41) is 10.3. The number of ether oxygens (including phenoxy) is 2. The number of allylic oxidation sites excluding steroid dienone is 1. The first kappa shape index (κ1) is 24.9. The molecule has 4 heterocycles. The molecule has 2 amide bonds. The van der Waals surface area contributed by atoms with E-state index in [-0.39, 0.29) is 24.3 Å². The van der Waals surface area contributed by atoms with Crippen molar-refractivity contribution in [1.29, 1.82) is 0 Å². The van der Waals surface area contributed by atoms with Gasteiger partial charge in [0.15, 0.2) is 0 Å². The van der Waals surface area contributed by atoms with E-state index in [1.165, 1.54) is 0 Å². The molecule has 34 heavy (non-hydrogen) atoms. The van der Waals surface area contributed by atoms with Crippen LogP contribution in [0.1, 0.15) is 52.9 Å². The topological polar surface area (TPSA) is 96.4 Å². The van der Waals surface area contributed by atoms with Crippen LogP contribution < -0.4 is 0 Å². The number of fused-ring (bicyclic) bond motifs is 2. The standard InChI is InChI=1S/C26H38N2O6/c1-4-6-13-27-14-10-12-26-21(20-19(34-26)11-8-7-9-15-33-25(20)32)23(30)28(22(26)24(27)31)18(16-29)17(3)5-2/h8,10-12,17-22,29H,4-7,9,13-16H2,1-3H3/b11-8-/t17-,18-,19+,20-,21-,22?,26-/m0/s1. The number of hydrogen-bond donors (Lipinski definition) is 1. The van der Waals surface area contributed by atoms with Crippen molar-refractivity contribution in [3.63, 3.8) is 0 Å². The van der Waals surface area contributed by atoms with Crippen LogP contribution in [0.25, 0.3) is 0 Å². The van der Waals surface area contributed by atoms with Gasteiger partial charge in [-0.1, -0.05) is 57.9 Å². The normalized spacial score (nSPS) is 35.9. The average Bonchev–Trinajstić information content (AvgIpc) is 3.24. The number of carbonyl (C=O) groups excluding carboxylic acids is 3. The molecule has 4 aliphatic rings. The molecule has 7 atom stereocenters. The molecule has 8 nitrogen and oxygen atoms in total. The maximum absolute atomic E-state index is 14.1. The lowest BCUT2D eigenvalue weighted by atomic mass is 9.78. The van der Waals surface area contributed by atoms with Gasteiger partial charge in [0.2, 0.25) is 11.8 Å². The molecule has 0 aromatic heterocycles. The summed E-state index contributed by atoms with van der Waals surface area (Å²) in [7, 11) is 0. The fourth-order valence-corrected chi connectivity index (χ4v) is 5.96. The van der Waals surface area contributed by atoms with Gasteiger partial charge >= 0.3 is 5.97 Å². The number of rotatable bonds is 7. The van der Waals surface area contributed by atoms with E-state index in [4.69, 9.17) is 9.47 Å². The summed E-state index contributed by atoms with van der Waals surface area (Å²) in [4.78, 5) is 44.7. The minimum Gasteiger partial charge on any atom is -0.465 e. The van der Waals surface area contributed by atoms with Crippen LogP contribution in [-0.4, -0.2) is 82.8 Å². The number of hydrogen-bond acceptors (Lipinski definition) is 6. The number of amides is 2. The summed E-state index contributed by atoms with van der Waals surface area (Å²) in [6, 6.07) is -1.47. The van der Waals surface area contributed by atoms with Gasteiger partial charge in [0, 0.05) is 13.1 Å². The number of aliphatic hydroxyl groups is 1. The highest BCUT2D eigenvalue weighted by Gasteiger charge is 2.72. The van der Waals surface area contributed by atoms with Gasteiger partial charge in [0.05, 0.1) is 31.3 Å². The van der Waals surface area contributed by atoms with Crippen LogP contribution in [0.3, 0.4) is 0 Å². The molecule has 1 unspecified atom stereocenters. The van der Waals surface area contributed by atoms with Gasteiger partial charge in [-0.25, -0.2) is 0 Å². The SMILES string of the molecule is CCCCN1CC=C[C@]23O[C@@H]4/C=C\CCCOC(=O)[C@@H]4[C@H]2C(=O)N([C@@H](CO)[C@@H](C)CC)C3C1=O. The van der Waals surface area contributed by atoms with Crippen molar-refractivity contribution >= 4 is 17.8 Å². The monoisotopic (exact) mass is 474 g/mol. The average molecular weight is 475 g/mol. The number of cyclic esters (lactones) is 1. The molecular formula is C26H38N2O6. The molecule has 0 saturated carbocycles. The van der Waals surface area contributed by atoms with Crippen molar-refractivity contribution in [2.75, 3.05) is 26.3 Å². The highest BCUT2D eigenvalue weighted by atomic mass is 16.6. The molecule has 0 aliphatic carbocycles. The van der Waals surface area contributed by atoms with Crippen LogP contribution in [0.5, 0.6) is 0 Å². The van der Waals surface area contributed by atoms with Crippen molar-refractivity contribution in [3.8, 4) is 0 Å². The molecule has 4 aliphatic heterocycles. The molecule has 4 rings (SSSR count). The van der Waals surface area contributed by atoms with Crippen LogP contribution in [0.2, 0.25) is 0 Å². The summed E-state index contributed by atoms with van der Waals surface area (Å²) in [6.07, 6.45) is 10.9. The number of carbonyl (C=O) groups is 3. The lowest BCUT2D eigenvalue weighted by molar-refractivity contribution is -0.157. The zero-order chi connectivity index (χ0) is 24.5. The van der Waals surface area contributed by atoms with E-state index in [0.717, 1.165) is 25.7 Å². The Hall–Kier alpha value is -2.19. The molecule has 188 valence electrons. The number of aliphatic hydroxyl groups excluding tert-OH is 1. The number of esters is 1. The summed E-state index contributed by atoms with van der Waals surface area (Å²) < 4.78 is 12.1. The van der Waals surface area contributed by atoms with Crippen LogP contribution in [0, 0.1) is 17.8 Å². The van der Waals surface area contributed by atoms with E-state index in [9.17, 15) is 19.5 Å². The molecule has 0 aromatic carbocycles. The van der Waals surface area contributed by atoms with Crippen LogP contribution in [0.4, 0.5) is 0 Å². The quantitative estimate of drug-likeness (QED) is 0.448. The Morgan fingerprint density at radius 2 is 2.00 bits per heavy atom.